The number of aryl methyl sites for hydroxylation is 1. The van der Waals surface area contributed by atoms with Gasteiger partial charge in [-0.05, 0) is 12.5 Å². The second-order valence-electron chi connectivity index (χ2n) is 4.09. The first kappa shape index (κ1) is 12.7. The fourth-order valence-electron chi connectivity index (χ4n) is 1.67. The Kier molecular flexibility index (Phi) is 3.46. The maximum Gasteiger partial charge on any atom is 0.228 e. The second-order valence-corrected chi connectivity index (χ2v) is 6.02. The minimum atomic E-state index is -3.09. The second kappa shape index (κ2) is 4.89. The Morgan fingerprint density at radius 1 is 1.44 bits per heavy atom. The quantitative estimate of drug-likeness (QED) is 0.799. The Labute approximate surface area is 105 Å². The lowest BCUT2D eigenvalue weighted by Crippen LogP contribution is -2.23. The molecule has 18 heavy (non-hydrogen) atoms. The summed E-state index contributed by atoms with van der Waals surface area (Å²) in [6, 6.07) is -0.314. The monoisotopic (exact) mass is 269 g/mol. The van der Waals surface area contributed by atoms with E-state index in [1.165, 1.54) is 5.41 Å². The van der Waals surface area contributed by atoms with E-state index >= 15 is 0 Å². The fraction of sp³-hybridized carbons (Fsp3) is 0.500. The molecular weight excluding hydrogens is 254 g/mol. The molecule has 1 aliphatic heterocycles. The van der Waals surface area contributed by atoms with E-state index in [1.807, 2.05) is 6.92 Å². The zero-order valence-corrected chi connectivity index (χ0v) is 10.8. The molecule has 0 aromatic carbocycles. The van der Waals surface area contributed by atoms with Crippen molar-refractivity contribution in [2.75, 3.05) is 16.8 Å². The molecule has 2 rings (SSSR count). The molecule has 3 N–H and O–H groups in total. The molecule has 1 aromatic heterocycles. The predicted octanol–water partition coefficient (Wildman–Crippen LogP) is 0.129. The van der Waals surface area contributed by atoms with Crippen molar-refractivity contribution in [1.29, 1.82) is 0 Å². The lowest BCUT2D eigenvalue weighted by molar-refractivity contribution is 0.605. The van der Waals surface area contributed by atoms with E-state index in [2.05, 4.69) is 20.3 Å². The first-order chi connectivity index (χ1) is 8.48. The molecule has 1 aliphatic rings. The number of hydrogen-bond donors (Lipinski definition) is 2. The Morgan fingerprint density at radius 3 is 2.83 bits per heavy atom. The molecular formula is C10H15N5O2S. The number of anilines is 2. The summed E-state index contributed by atoms with van der Waals surface area (Å²) >= 11 is 0. The van der Waals surface area contributed by atoms with Crippen LogP contribution in [0.3, 0.4) is 0 Å². The molecule has 0 radical (unpaired) electrons. The number of nitrogens with zero attached hydrogens (tertiary/aromatic N) is 3. The van der Waals surface area contributed by atoms with Gasteiger partial charge in [-0.25, -0.2) is 8.42 Å². The van der Waals surface area contributed by atoms with Crippen molar-refractivity contribution >= 4 is 21.7 Å². The highest BCUT2D eigenvalue weighted by molar-refractivity contribution is 7.94. The summed E-state index contributed by atoms with van der Waals surface area (Å²) in [4.78, 5) is 12.1. The van der Waals surface area contributed by atoms with E-state index in [0.29, 0.717) is 18.2 Å². The van der Waals surface area contributed by atoms with Crippen LogP contribution in [0, 0.1) is 0 Å². The third-order valence-electron chi connectivity index (χ3n) is 2.42. The standard InChI is InChI=1S/C10H15N5O2S/c1-2-3-8-13-9(11)15-10(14-8)12-7-4-5-18(16,17)6-7/h4-5,7H,2-3,6H2,1H3,(H3,11,12,13,14,15). The number of nitrogens with two attached hydrogens (primary N) is 1. The predicted molar refractivity (Wildman–Crippen MR) is 68.6 cm³/mol. The van der Waals surface area contributed by atoms with Crippen LogP contribution in [0.15, 0.2) is 11.5 Å². The summed E-state index contributed by atoms with van der Waals surface area (Å²) in [5.74, 6) is 1.08. The van der Waals surface area contributed by atoms with E-state index in [1.54, 1.807) is 6.08 Å². The average molecular weight is 269 g/mol. The van der Waals surface area contributed by atoms with Gasteiger partial charge in [0.2, 0.25) is 11.9 Å². The molecule has 1 atom stereocenters. The number of sulfone groups is 1. The number of rotatable bonds is 4. The molecule has 0 aliphatic carbocycles. The van der Waals surface area contributed by atoms with Crippen LogP contribution in [-0.4, -0.2) is 35.2 Å². The van der Waals surface area contributed by atoms with Crippen LogP contribution in [0.5, 0.6) is 0 Å². The molecule has 0 saturated carbocycles. The van der Waals surface area contributed by atoms with Crippen LogP contribution in [0.2, 0.25) is 0 Å². The highest BCUT2D eigenvalue weighted by Crippen LogP contribution is 2.13. The molecule has 0 fully saturated rings. The average Bonchev–Trinajstić information content (AvgIpc) is 2.57. The van der Waals surface area contributed by atoms with Gasteiger partial charge in [0.1, 0.15) is 5.82 Å². The van der Waals surface area contributed by atoms with Gasteiger partial charge < -0.3 is 11.1 Å². The van der Waals surface area contributed by atoms with Crippen molar-refractivity contribution in [2.45, 2.75) is 25.8 Å². The molecule has 1 aromatic rings. The van der Waals surface area contributed by atoms with Gasteiger partial charge in [0.15, 0.2) is 9.84 Å². The first-order valence-electron chi connectivity index (χ1n) is 5.66. The maximum atomic E-state index is 11.3. The molecule has 1 unspecified atom stereocenters. The smallest absolute Gasteiger partial charge is 0.228 e. The van der Waals surface area contributed by atoms with E-state index < -0.39 is 9.84 Å². The number of aromatic nitrogens is 3. The van der Waals surface area contributed by atoms with Crippen LogP contribution in [0.1, 0.15) is 19.2 Å². The van der Waals surface area contributed by atoms with Crippen LogP contribution in [0.4, 0.5) is 11.9 Å². The minimum Gasteiger partial charge on any atom is -0.368 e. The van der Waals surface area contributed by atoms with E-state index in [9.17, 15) is 8.42 Å². The highest BCUT2D eigenvalue weighted by atomic mass is 32.2. The van der Waals surface area contributed by atoms with Gasteiger partial charge in [-0.3, -0.25) is 0 Å². The number of hydrogen-bond acceptors (Lipinski definition) is 7. The lowest BCUT2D eigenvalue weighted by atomic mass is 10.3. The van der Waals surface area contributed by atoms with E-state index in [4.69, 9.17) is 5.73 Å². The van der Waals surface area contributed by atoms with Gasteiger partial charge in [0, 0.05) is 11.8 Å². The summed E-state index contributed by atoms with van der Waals surface area (Å²) in [5, 5.41) is 4.12. The summed E-state index contributed by atoms with van der Waals surface area (Å²) in [6.07, 6.45) is 3.19. The Balaban J connectivity index is 2.12. The lowest BCUT2D eigenvalue weighted by Gasteiger charge is -2.10. The Morgan fingerprint density at radius 2 is 2.22 bits per heavy atom. The summed E-state index contributed by atoms with van der Waals surface area (Å²) in [6.45, 7) is 2.01. The molecule has 8 heteroatoms. The van der Waals surface area contributed by atoms with Crippen LogP contribution in [-0.2, 0) is 16.3 Å². The molecule has 0 amide bonds. The third kappa shape index (κ3) is 3.16. The molecule has 0 saturated heterocycles. The van der Waals surface area contributed by atoms with Gasteiger partial charge in [0.25, 0.3) is 0 Å². The largest absolute Gasteiger partial charge is 0.368 e. The fourth-order valence-corrected chi connectivity index (χ4v) is 2.90. The highest BCUT2D eigenvalue weighted by Gasteiger charge is 2.22. The van der Waals surface area contributed by atoms with Crippen molar-refractivity contribution < 1.29 is 8.42 Å². The van der Waals surface area contributed by atoms with Crippen molar-refractivity contribution in [3.05, 3.63) is 17.3 Å². The zero-order valence-electron chi connectivity index (χ0n) is 10.00. The van der Waals surface area contributed by atoms with Crippen molar-refractivity contribution in [3.63, 3.8) is 0 Å². The first-order valence-corrected chi connectivity index (χ1v) is 7.38. The maximum absolute atomic E-state index is 11.3. The van der Waals surface area contributed by atoms with Crippen molar-refractivity contribution in [1.82, 2.24) is 15.0 Å². The number of nitrogens with one attached hydrogen (secondary N) is 1. The van der Waals surface area contributed by atoms with Crippen LogP contribution < -0.4 is 11.1 Å². The summed E-state index contributed by atoms with van der Waals surface area (Å²) in [7, 11) is -3.09. The van der Waals surface area contributed by atoms with Crippen molar-refractivity contribution in [2.24, 2.45) is 0 Å². The van der Waals surface area contributed by atoms with Crippen LogP contribution >= 0.6 is 0 Å². The normalized spacial score (nSPS) is 21.1. The third-order valence-corrected chi connectivity index (χ3v) is 3.81. The molecule has 98 valence electrons. The Hall–Kier alpha value is -1.70. The van der Waals surface area contributed by atoms with Gasteiger partial charge in [0.05, 0.1) is 11.8 Å². The van der Waals surface area contributed by atoms with Gasteiger partial charge >= 0.3 is 0 Å². The summed E-state index contributed by atoms with van der Waals surface area (Å²) < 4.78 is 22.5. The molecule has 7 nitrogen and oxygen atoms in total. The van der Waals surface area contributed by atoms with Crippen molar-refractivity contribution in [3.8, 4) is 0 Å². The molecule has 0 spiro atoms. The van der Waals surface area contributed by atoms with Crippen LogP contribution in [0.25, 0.3) is 0 Å². The molecule has 2 heterocycles. The Bertz CT molecular complexity index is 570. The molecule has 0 bridgehead atoms. The number of nitrogen functional groups attached to an aromatic ring is 1. The van der Waals surface area contributed by atoms with E-state index in [0.717, 1.165) is 6.42 Å². The SMILES string of the molecule is CCCc1nc(N)nc(NC2C=CS(=O)(=O)C2)n1. The minimum absolute atomic E-state index is 0.0156. The summed E-state index contributed by atoms with van der Waals surface area (Å²) in [5.41, 5.74) is 5.58. The van der Waals surface area contributed by atoms with Gasteiger partial charge in [-0.1, -0.05) is 6.92 Å². The van der Waals surface area contributed by atoms with Gasteiger partial charge in [-0.15, -0.1) is 0 Å². The zero-order chi connectivity index (χ0) is 13.2. The van der Waals surface area contributed by atoms with Gasteiger partial charge in [-0.2, -0.15) is 15.0 Å². The topological polar surface area (TPSA) is 111 Å². The van der Waals surface area contributed by atoms with E-state index in [-0.39, 0.29) is 17.7 Å².